The molecular formula is C17H28O2. The number of aliphatic carboxylic acids is 1. The van der Waals surface area contributed by atoms with E-state index in [1.54, 1.807) is 13.8 Å². The molecule has 0 rings (SSSR count). The number of hydrogen-bond acceptors (Lipinski definition) is 1. The van der Waals surface area contributed by atoms with E-state index >= 15 is 0 Å². The van der Waals surface area contributed by atoms with Crippen molar-refractivity contribution >= 4 is 5.97 Å². The van der Waals surface area contributed by atoms with Gasteiger partial charge in [0.25, 0.3) is 0 Å². The fraction of sp³-hybridized carbons (Fsp3) is 0.588. The summed E-state index contributed by atoms with van der Waals surface area (Å²) in [6.45, 7) is 9.97. The van der Waals surface area contributed by atoms with Gasteiger partial charge in [-0.2, -0.15) is 0 Å². The van der Waals surface area contributed by atoms with Crippen molar-refractivity contribution in [2.75, 3.05) is 0 Å². The van der Waals surface area contributed by atoms with Gasteiger partial charge in [0.2, 0.25) is 0 Å². The average molecular weight is 264 g/mol. The Morgan fingerprint density at radius 1 is 1.11 bits per heavy atom. The molecule has 0 bridgehead atoms. The summed E-state index contributed by atoms with van der Waals surface area (Å²) in [5.74, 6) is 0.216. The van der Waals surface area contributed by atoms with Crippen LogP contribution < -0.4 is 0 Å². The molecule has 1 atom stereocenters. The van der Waals surface area contributed by atoms with E-state index in [9.17, 15) is 4.79 Å². The van der Waals surface area contributed by atoms with Crippen molar-refractivity contribution < 1.29 is 9.90 Å². The summed E-state index contributed by atoms with van der Waals surface area (Å²) in [5.41, 5.74) is -0.662. The number of carboxylic acids is 1. The van der Waals surface area contributed by atoms with Crippen LogP contribution in [0.2, 0.25) is 0 Å². The Balaban J connectivity index is 4.10. The molecule has 0 aliphatic heterocycles. The number of carboxylic acid groups (broad SMARTS) is 1. The molecule has 1 N–H and O–H groups in total. The third-order valence-corrected chi connectivity index (χ3v) is 2.93. The standard InChI is InChI=1S/C17H28O2/c1-14(2)11-9-7-6-8-10-12-15(3)13-17(4,5)16(18)19/h6-10,12,14-15H,11,13H2,1-5H3,(H,18,19)/b8-6+,9-7-,12-10+. The van der Waals surface area contributed by atoms with Gasteiger partial charge in [-0.05, 0) is 38.5 Å². The van der Waals surface area contributed by atoms with E-state index in [0.717, 1.165) is 6.42 Å². The summed E-state index contributed by atoms with van der Waals surface area (Å²) >= 11 is 0. The lowest BCUT2D eigenvalue weighted by atomic mass is 9.83. The molecule has 19 heavy (non-hydrogen) atoms. The Hall–Kier alpha value is -1.31. The normalized spacial score (nSPS) is 15.1. The molecule has 0 saturated carbocycles. The Morgan fingerprint density at radius 3 is 2.21 bits per heavy atom. The zero-order valence-electron chi connectivity index (χ0n) is 12.9. The van der Waals surface area contributed by atoms with Gasteiger partial charge < -0.3 is 5.11 Å². The van der Waals surface area contributed by atoms with E-state index < -0.39 is 11.4 Å². The Kier molecular flexibility index (Phi) is 8.13. The highest BCUT2D eigenvalue weighted by Gasteiger charge is 2.28. The van der Waals surface area contributed by atoms with Crippen LogP contribution in [-0.4, -0.2) is 11.1 Å². The summed E-state index contributed by atoms with van der Waals surface area (Å²) in [5, 5.41) is 9.06. The Morgan fingerprint density at radius 2 is 1.68 bits per heavy atom. The van der Waals surface area contributed by atoms with Crippen LogP contribution in [0.4, 0.5) is 0 Å². The van der Waals surface area contributed by atoms with Crippen LogP contribution in [0.5, 0.6) is 0 Å². The first-order chi connectivity index (χ1) is 8.75. The van der Waals surface area contributed by atoms with Gasteiger partial charge in [0.05, 0.1) is 5.41 Å². The van der Waals surface area contributed by atoms with Gasteiger partial charge in [0.15, 0.2) is 0 Å². The van der Waals surface area contributed by atoms with E-state index in [-0.39, 0.29) is 5.92 Å². The van der Waals surface area contributed by atoms with Crippen molar-refractivity contribution in [1.82, 2.24) is 0 Å². The maximum Gasteiger partial charge on any atom is 0.309 e. The van der Waals surface area contributed by atoms with Crippen molar-refractivity contribution in [3.63, 3.8) is 0 Å². The van der Waals surface area contributed by atoms with Crippen LogP contribution >= 0.6 is 0 Å². The summed E-state index contributed by atoms with van der Waals surface area (Å²) in [6.07, 6.45) is 14.0. The first kappa shape index (κ1) is 17.7. The molecule has 0 fully saturated rings. The van der Waals surface area contributed by atoms with Crippen LogP contribution in [0.1, 0.15) is 47.5 Å². The number of rotatable bonds is 8. The lowest BCUT2D eigenvalue weighted by Crippen LogP contribution is -2.25. The molecule has 0 aromatic rings. The van der Waals surface area contributed by atoms with Crippen molar-refractivity contribution in [3.8, 4) is 0 Å². The van der Waals surface area contributed by atoms with E-state index in [4.69, 9.17) is 5.11 Å². The molecule has 0 aromatic heterocycles. The van der Waals surface area contributed by atoms with Crippen LogP contribution in [0.15, 0.2) is 36.5 Å². The first-order valence-corrected chi connectivity index (χ1v) is 6.99. The fourth-order valence-electron chi connectivity index (χ4n) is 1.77. The SMILES string of the molecule is CC(C)C\C=C/C=C/C=C/C(C)CC(C)(C)C(=O)O. The highest BCUT2D eigenvalue weighted by atomic mass is 16.4. The number of hydrogen-bond donors (Lipinski definition) is 1. The maximum atomic E-state index is 11.0. The van der Waals surface area contributed by atoms with Gasteiger partial charge in [-0.1, -0.05) is 57.2 Å². The van der Waals surface area contributed by atoms with Crippen LogP contribution in [0.3, 0.4) is 0 Å². The second kappa shape index (κ2) is 8.73. The maximum absolute atomic E-state index is 11.0. The molecule has 0 amide bonds. The summed E-state index contributed by atoms with van der Waals surface area (Å²) in [7, 11) is 0. The minimum Gasteiger partial charge on any atom is -0.481 e. The zero-order chi connectivity index (χ0) is 14.9. The second-order valence-corrected chi connectivity index (χ2v) is 6.20. The van der Waals surface area contributed by atoms with Crippen LogP contribution in [-0.2, 0) is 4.79 Å². The summed E-state index contributed by atoms with van der Waals surface area (Å²) in [4.78, 5) is 11.0. The van der Waals surface area contributed by atoms with Crippen molar-refractivity contribution in [3.05, 3.63) is 36.5 Å². The van der Waals surface area contributed by atoms with Crippen LogP contribution in [0.25, 0.3) is 0 Å². The predicted molar refractivity (Wildman–Crippen MR) is 82.1 cm³/mol. The molecule has 0 spiro atoms. The fourth-order valence-corrected chi connectivity index (χ4v) is 1.77. The van der Waals surface area contributed by atoms with Gasteiger partial charge in [-0.3, -0.25) is 4.79 Å². The molecule has 1 unspecified atom stereocenters. The molecule has 0 saturated heterocycles. The molecular weight excluding hydrogens is 236 g/mol. The minimum atomic E-state index is -0.736. The highest BCUT2D eigenvalue weighted by molar-refractivity contribution is 5.73. The average Bonchev–Trinajstić information content (AvgIpc) is 2.26. The lowest BCUT2D eigenvalue weighted by Gasteiger charge is -2.21. The Bertz CT molecular complexity index is 346. The van der Waals surface area contributed by atoms with Crippen molar-refractivity contribution in [2.45, 2.75) is 47.5 Å². The molecule has 0 aliphatic carbocycles. The summed E-state index contributed by atoms with van der Waals surface area (Å²) in [6, 6.07) is 0. The summed E-state index contributed by atoms with van der Waals surface area (Å²) < 4.78 is 0. The molecule has 0 aliphatic rings. The van der Waals surface area contributed by atoms with Gasteiger partial charge in [-0.15, -0.1) is 0 Å². The monoisotopic (exact) mass is 264 g/mol. The molecule has 2 nitrogen and oxygen atoms in total. The predicted octanol–water partition coefficient (Wildman–Crippen LogP) is 4.84. The smallest absolute Gasteiger partial charge is 0.309 e. The minimum absolute atomic E-state index is 0.260. The van der Waals surface area contributed by atoms with E-state index in [2.05, 4.69) is 32.1 Å². The molecule has 2 heteroatoms. The van der Waals surface area contributed by atoms with Gasteiger partial charge in [-0.25, -0.2) is 0 Å². The third kappa shape index (κ3) is 9.29. The number of carbonyl (C=O) groups is 1. The van der Waals surface area contributed by atoms with Gasteiger partial charge in [0, 0.05) is 0 Å². The van der Waals surface area contributed by atoms with E-state index in [0.29, 0.717) is 12.3 Å². The molecule has 0 radical (unpaired) electrons. The number of allylic oxidation sites excluding steroid dienone is 6. The first-order valence-electron chi connectivity index (χ1n) is 6.99. The van der Waals surface area contributed by atoms with Crippen molar-refractivity contribution in [1.29, 1.82) is 0 Å². The molecule has 108 valence electrons. The molecule has 0 aromatic carbocycles. The Labute approximate surface area is 117 Å². The largest absolute Gasteiger partial charge is 0.481 e. The third-order valence-electron chi connectivity index (χ3n) is 2.93. The van der Waals surface area contributed by atoms with E-state index in [1.165, 1.54) is 0 Å². The van der Waals surface area contributed by atoms with Gasteiger partial charge in [0.1, 0.15) is 0 Å². The lowest BCUT2D eigenvalue weighted by molar-refractivity contribution is -0.147. The topological polar surface area (TPSA) is 37.3 Å². The highest BCUT2D eigenvalue weighted by Crippen LogP contribution is 2.26. The quantitative estimate of drug-likeness (QED) is 0.637. The van der Waals surface area contributed by atoms with Crippen LogP contribution in [0, 0.1) is 17.3 Å². The molecule has 0 heterocycles. The second-order valence-electron chi connectivity index (χ2n) is 6.20. The van der Waals surface area contributed by atoms with Gasteiger partial charge >= 0.3 is 5.97 Å². The van der Waals surface area contributed by atoms with E-state index in [1.807, 2.05) is 25.2 Å². The van der Waals surface area contributed by atoms with Crippen molar-refractivity contribution in [2.24, 2.45) is 17.3 Å². The zero-order valence-corrected chi connectivity index (χ0v) is 12.9.